The van der Waals surface area contributed by atoms with Gasteiger partial charge in [0, 0.05) is 4.88 Å². The molecule has 3 N–H and O–H groups in total. The minimum absolute atomic E-state index is 0.271. The quantitative estimate of drug-likeness (QED) is 0.567. The van der Waals surface area contributed by atoms with Crippen LogP contribution in [0.2, 0.25) is 5.15 Å². The van der Waals surface area contributed by atoms with Crippen molar-refractivity contribution >= 4 is 39.8 Å². The molecule has 0 bridgehead atoms. The number of fused-ring (bicyclic) bond motifs is 1. The SMILES string of the molecule is Cc1nn(Cc2ccccc2)c(Cl)c1C(=O)Nc1sc2c(c1C(N)=O)CCCCC2. The van der Waals surface area contributed by atoms with Crippen LogP contribution in [0.15, 0.2) is 30.3 Å². The molecule has 0 saturated heterocycles. The van der Waals surface area contributed by atoms with Gasteiger partial charge in [0.15, 0.2) is 0 Å². The molecule has 2 heterocycles. The van der Waals surface area contributed by atoms with Gasteiger partial charge >= 0.3 is 0 Å². The number of carbonyl (C=O) groups excluding carboxylic acids is 2. The van der Waals surface area contributed by atoms with E-state index >= 15 is 0 Å². The maximum atomic E-state index is 13.1. The Balaban J connectivity index is 1.63. The van der Waals surface area contributed by atoms with Gasteiger partial charge in [0.1, 0.15) is 10.2 Å². The zero-order chi connectivity index (χ0) is 21.3. The summed E-state index contributed by atoms with van der Waals surface area (Å²) in [7, 11) is 0. The Hall–Kier alpha value is -2.64. The maximum Gasteiger partial charge on any atom is 0.261 e. The minimum Gasteiger partial charge on any atom is -0.365 e. The highest BCUT2D eigenvalue weighted by Gasteiger charge is 2.27. The first-order valence-corrected chi connectivity index (χ1v) is 11.2. The Labute approximate surface area is 184 Å². The second-order valence-corrected chi connectivity index (χ2v) is 8.94. The molecule has 0 atom stereocenters. The third kappa shape index (κ3) is 4.00. The van der Waals surface area contributed by atoms with Gasteiger partial charge in [-0.3, -0.25) is 9.59 Å². The summed E-state index contributed by atoms with van der Waals surface area (Å²) in [5.74, 6) is -0.886. The van der Waals surface area contributed by atoms with Crippen molar-refractivity contribution in [1.82, 2.24) is 9.78 Å². The predicted octanol–water partition coefficient (Wildman–Crippen LogP) is 4.57. The summed E-state index contributed by atoms with van der Waals surface area (Å²) in [5.41, 5.74) is 8.98. The molecule has 0 aliphatic heterocycles. The molecular weight excluding hydrogens is 420 g/mol. The molecule has 0 fully saturated rings. The number of carbonyl (C=O) groups is 2. The number of rotatable bonds is 5. The molecule has 3 aromatic rings. The molecule has 1 aliphatic carbocycles. The fourth-order valence-corrected chi connectivity index (χ4v) is 5.54. The number of hydrogen-bond donors (Lipinski definition) is 2. The van der Waals surface area contributed by atoms with Gasteiger partial charge in [0.05, 0.1) is 23.4 Å². The topological polar surface area (TPSA) is 90.0 Å². The van der Waals surface area contributed by atoms with Gasteiger partial charge in [-0.05, 0) is 43.7 Å². The molecule has 0 radical (unpaired) electrons. The Morgan fingerprint density at radius 2 is 1.90 bits per heavy atom. The van der Waals surface area contributed by atoms with Crippen LogP contribution in [0.4, 0.5) is 5.00 Å². The van der Waals surface area contributed by atoms with Crippen LogP contribution in [-0.4, -0.2) is 21.6 Å². The Bertz CT molecular complexity index is 1100. The maximum absolute atomic E-state index is 13.1. The number of nitrogens with two attached hydrogens (primary N) is 1. The smallest absolute Gasteiger partial charge is 0.261 e. The highest BCUT2D eigenvalue weighted by Crippen LogP contribution is 2.37. The number of hydrogen-bond acceptors (Lipinski definition) is 4. The van der Waals surface area contributed by atoms with Crippen molar-refractivity contribution in [2.75, 3.05) is 5.32 Å². The summed E-state index contributed by atoms with van der Waals surface area (Å²) in [4.78, 5) is 26.4. The zero-order valence-corrected chi connectivity index (χ0v) is 18.3. The van der Waals surface area contributed by atoms with Gasteiger partial charge in [-0.25, -0.2) is 4.68 Å². The van der Waals surface area contributed by atoms with Crippen molar-refractivity contribution in [1.29, 1.82) is 0 Å². The highest BCUT2D eigenvalue weighted by atomic mass is 35.5. The van der Waals surface area contributed by atoms with Gasteiger partial charge in [-0.15, -0.1) is 11.3 Å². The molecule has 1 aromatic carbocycles. The highest BCUT2D eigenvalue weighted by molar-refractivity contribution is 7.17. The number of primary amides is 1. The molecular formula is C22H23ClN4O2S. The number of amides is 2. The van der Waals surface area contributed by atoms with Crippen LogP contribution in [-0.2, 0) is 19.4 Å². The van der Waals surface area contributed by atoms with E-state index in [1.807, 2.05) is 30.3 Å². The van der Waals surface area contributed by atoms with Gasteiger partial charge in [0.2, 0.25) is 0 Å². The molecule has 1 aliphatic rings. The van der Waals surface area contributed by atoms with Gasteiger partial charge in [0.25, 0.3) is 11.8 Å². The summed E-state index contributed by atoms with van der Waals surface area (Å²) < 4.78 is 1.61. The average Bonchev–Trinajstić information content (AvgIpc) is 3.08. The van der Waals surface area contributed by atoms with Crippen molar-refractivity contribution in [2.24, 2.45) is 5.73 Å². The van der Waals surface area contributed by atoms with E-state index in [1.54, 1.807) is 11.6 Å². The van der Waals surface area contributed by atoms with Crippen molar-refractivity contribution < 1.29 is 9.59 Å². The van der Waals surface area contributed by atoms with Crippen molar-refractivity contribution in [3.05, 3.63) is 68.3 Å². The largest absolute Gasteiger partial charge is 0.365 e. The number of nitrogens with one attached hydrogen (secondary N) is 1. The number of anilines is 1. The minimum atomic E-state index is -0.507. The lowest BCUT2D eigenvalue weighted by molar-refractivity contribution is 0.100. The van der Waals surface area contributed by atoms with E-state index in [-0.39, 0.29) is 11.1 Å². The molecule has 0 unspecified atom stereocenters. The molecule has 2 amide bonds. The van der Waals surface area contributed by atoms with Crippen LogP contribution in [0.3, 0.4) is 0 Å². The molecule has 156 valence electrons. The normalized spacial score (nSPS) is 13.5. The number of nitrogens with zero attached hydrogens (tertiary/aromatic N) is 2. The van der Waals surface area contributed by atoms with E-state index in [1.165, 1.54) is 11.3 Å². The predicted molar refractivity (Wildman–Crippen MR) is 120 cm³/mol. The van der Waals surface area contributed by atoms with Gasteiger partial charge in [-0.2, -0.15) is 5.10 Å². The van der Waals surface area contributed by atoms with E-state index in [0.717, 1.165) is 48.1 Å². The molecule has 0 spiro atoms. The number of benzene rings is 1. The van der Waals surface area contributed by atoms with E-state index in [4.69, 9.17) is 17.3 Å². The second-order valence-electron chi connectivity index (χ2n) is 7.48. The average molecular weight is 443 g/mol. The summed E-state index contributed by atoms with van der Waals surface area (Å²) in [6.07, 6.45) is 4.96. The van der Waals surface area contributed by atoms with Crippen LogP contribution in [0.25, 0.3) is 0 Å². The number of aromatic nitrogens is 2. The fraction of sp³-hybridized carbons (Fsp3) is 0.318. The lowest BCUT2D eigenvalue weighted by atomic mass is 10.1. The Morgan fingerprint density at radius 3 is 2.63 bits per heavy atom. The number of aryl methyl sites for hydroxylation is 2. The second kappa shape index (κ2) is 8.62. The van der Waals surface area contributed by atoms with Crippen LogP contribution >= 0.6 is 22.9 Å². The molecule has 0 saturated carbocycles. The van der Waals surface area contributed by atoms with Crippen LogP contribution in [0, 0.1) is 6.92 Å². The summed E-state index contributed by atoms with van der Waals surface area (Å²) >= 11 is 7.96. The first-order valence-electron chi connectivity index (χ1n) is 9.98. The molecule has 8 heteroatoms. The lowest BCUT2D eigenvalue weighted by Gasteiger charge is -2.07. The monoisotopic (exact) mass is 442 g/mol. The van der Waals surface area contributed by atoms with Crippen molar-refractivity contribution in [3.63, 3.8) is 0 Å². The number of halogens is 1. The first kappa shape index (κ1) is 20.6. The Kier molecular flexibility index (Phi) is 5.92. The standard InChI is InChI=1S/C22H23ClN4O2S/c1-13-17(19(23)27(26-13)12-14-8-4-2-5-9-14)21(29)25-22-18(20(24)28)15-10-6-3-7-11-16(15)30-22/h2,4-5,8-9H,3,6-7,10-12H2,1H3,(H2,24,28)(H,25,29). The summed E-state index contributed by atoms with van der Waals surface area (Å²) in [6, 6.07) is 9.78. The number of thiophene rings is 1. The summed E-state index contributed by atoms with van der Waals surface area (Å²) in [5, 5.41) is 8.10. The van der Waals surface area contributed by atoms with Crippen molar-refractivity contribution in [3.8, 4) is 0 Å². The molecule has 4 rings (SSSR count). The third-order valence-electron chi connectivity index (χ3n) is 5.36. The lowest BCUT2D eigenvalue weighted by Crippen LogP contribution is -2.18. The van der Waals surface area contributed by atoms with E-state index in [2.05, 4.69) is 10.4 Å². The summed E-state index contributed by atoms with van der Waals surface area (Å²) in [6.45, 7) is 2.22. The molecule has 30 heavy (non-hydrogen) atoms. The zero-order valence-electron chi connectivity index (χ0n) is 16.7. The molecule has 6 nitrogen and oxygen atoms in total. The molecule has 2 aromatic heterocycles. The third-order valence-corrected chi connectivity index (χ3v) is 6.95. The van der Waals surface area contributed by atoms with E-state index in [0.29, 0.717) is 28.4 Å². The van der Waals surface area contributed by atoms with Crippen LogP contribution in [0.1, 0.15) is 61.7 Å². The van der Waals surface area contributed by atoms with E-state index in [9.17, 15) is 9.59 Å². The van der Waals surface area contributed by atoms with Gasteiger partial charge in [-0.1, -0.05) is 48.4 Å². The Morgan fingerprint density at radius 1 is 1.17 bits per heavy atom. The first-order chi connectivity index (χ1) is 14.5. The fourth-order valence-electron chi connectivity index (χ4n) is 3.93. The van der Waals surface area contributed by atoms with Gasteiger partial charge < -0.3 is 11.1 Å². The van der Waals surface area contributed by atoms with Crippen LogP contribution in [0.5, 0.6) is 0 Å². The van der Waals surface area contributed by atoms with E-state index < -0.39 is 5.91 Å². The van der Waals surface area contributed by atoms with Crippen LogP contribution < -0.4 is 11.1 Å². The van der Waals surface area contributed by atoms with Crippen molar-refractivity contribution in [2.45, 2.75) is 45.6 Å².